The maximum absolute atomic E-state index is 14.4. The van der Waals surface area contributed by atoms with E-state index in [0.717, 1.165) is 0 Å². The molecule has 3 fully saturated rings. The third kappa shape index (κ3) is 10.1. The van der Waals surface area contributed by atoms with Crippen LogP contribution in [0, 0.1) is 17.8 Å². The average Bonchev–Trinajstić information content (AvgIpc) is 3.44. The molecule has 4 rings (SSSR count). The molecule has 1 aromatic carbocycles. The van der Waals surface area contributed by atoms with E-state index in [0.29, 0.717) is 18.7 Å². The second-order valence-electron chi connectivity index (χ2n) is 16.9. The van der Waals surface area contributed by atoms with E-state index in [9.17, 15) is 24.3 Å². The van der Waals surface area contributed by atoms with Gasteiger partial charge in [-0.25, -0.2) is 9.59 Å². The van der Waals surface area contributed by atoms with Crippen LogP contribution < -0.4 is 4.90 Å². The molecule has 316 valence electrons. The van der Waals surface area contributed by atoms with Crippen LogP contribution in [-0.2, 0) is 42.7 Å². The number of esters is 2. The first-order valence-electron chi connectivity index (χ1n) is 19.8. The third-order valence-electron chi connectivity index (χ3n) is 11.8. The van der Waals surface area contributed by atoms with Crippen molar-refractivity contribution in [1.82, 2.24) is 9.80 Å². The predicted octanol–water partition coefficient (Wildman–Crippen LogP) is 5.01. The summed E-state index contributed by atoms with van der Waals surface area (Å²) in [5.41, 5.74) is -2.42. The first-order chi connectivity index (χ1) is 26.1. The number of carbonyl (C=O) groups is 4. The van der Waals surface area contributed by atoms with E-state index in [1.165, 1.54) is 11.8 Å². The Morgan fingerprint density at radius 3 is 2.21 bits per heavy atom. The zero-order valence-corrected chi connectivity index (χ0v) is 35.4. The summed E-state index contributed by atoms with van der Waals surface area (Å²) in [4.78, 5) is 58.9. The third-order valence-corrected chi connectivity index (χ3v) is 11.8. The van der Waals surface area contributed by atoms with Gasteiger partial charge in [-0.05, 0) is 93.1 Å². The molecule has 0 aliphatic carbocycles. The molecule has 56 heavy (non-hydrogen) atoms. The van der Waals surface area contributed by atoms with Gasteiger partial charge in [-0.2, -0.15) is 0 Å². The normalized spacial score (nSPS) is 38.9. The van der Waals surface area contributed by atoms with Crippen LogP contribution in [0.1, 0.15) is 81.6 Å². The molecule has 3 heterocycles. The van der Waals surface area contributed by atoms with Crippen molar-refractivity contribution in [2.75, 3.05) is 39.6 Å². The number of amides is 1. The maximum Gasteiger partial charge on any atom is 0.509 e. The molecule has 15 nitrogen and oxygen atoms in total. The second-order valence-corrected chi connectivity index (χ2v) is 16.9. The number of carbonyl (C=O) groups excluding carboxylic acids is 4. The molecule has 3 saturated heterocycles. The Bertz CT molecular complexity index is 1510. The number of anilines is 1. The van der Waals surface area contributed by atoms with Crippen LogP contribution in [-0.4, -0.2) is 140 Å². The quantitative estimate of drug-likeness (QED) is 0.290. The van der Waals surface area contributed by atoms with E-state index in [4.69, 9.17) is 33.2 Å². The summed E-state index contributed by atoms with van der Waals surface area (Å²) in [7, 11) is 7.22. The number of nitrogens with zero attached hydrogens (tertiary/aromatic N) is 3. The Labute approximate surface area is 332 Å². The molecule has 15 heteroatoms. The van der Waals surface area contributed by atoms with Gasteiger partial charge in [0, 0.05) is 38.2 Å². The second kappa shape index (κ2) is 18.4. The van der Waals surface area contributed by atoms with E-state index < -0.39 is 84.0 Å². The van der Waals surface area contributed by atoms with Gasteiger partial charge in [-0.1, -0.05) is 39.0 Å². The van der Waals surface area contributed by atoms with E-state index >= 15 is 0 Å². The summed E-state index contributed by atoms with van der Waals surface area (Å²) in [6, 6.07) is 8.24. The summed E-state index contributed by atoms with van der Waals surface area (Å²) < 4.78 is 43.1. The van der Waals surface area contributed by atoms with Gasteiger partial charge in [-0.3, -0.25) is 19.4 Å². The van der Waals surface area contributed by atoms with Crippen molar-refractivity contribution < 1.29 is 57.4 Å². The van der Waals surface area contributed by atoms with Gasteiger partial charge in [0.1, 0.15) is 12.2 Å². The van der Waals surface area contributed by atoms with Crippen molar-refractivity contribution >= 4 is 29.9 Å². The number of rotatable bonds is 7. The zero-order chi connectivity index (χ0) is 41.9. The smallest absolute Gasteiger partial charge is 0.458 e. The van der Waals surface area contributed by atoms with Crippen LogP contribution in [0.2, 0.25) is 0 Å². The monoisotopic (exact) mass is 791 g/mol. The van der Waals surface area contributed by atoms with Crippen molar-refractivity contribution in [3.05, 3.63) is 30.3 Å². The summed E-state index contributed by atoms with van der Waals surface area (Å²) in [5.74, 6) is -3.42. The Morgan fingerprint density at radius 1 is 0.982 bits per heavy atom. The molecule has 1 aromatic rings. The van der Waals surface area contributed by atoms with Gasteiger partial charge in [0.05, 0.1) is 29.8 Å². The van der Waals surface area contributed by atoms with Gasteiger partial charge in [-0.15, -0.1) is 0 Å². The molecule has 3 aliphatic heterocycles. The lowest BCUT2D eigenvalue weighted by molar-refractivity contribution is -0.301. The average molecular weight is 792 g/mol. The summed E-state index contributed by atoms with van der Waals surface area (Å²) in [6.45, 7) is 16.1. The van der Waals surface area contributed by atoms with Crippen LogP contribution in [0.3, 0.4) is 0 Å². The number of fused-ring (bicyclic) bond motifs is 1. The number of para-hydroxylation sites is 1. The number of aliphatic hydroxyl groups is 1. The fourth-order valence-corrected chi connectivity index (χ4v) is 8.80. The van der Waals surface area contributed by atoms with Gasteiger partial charge < -0.3 is 43.2 Å². The molecule has 0 spiro atoms. The SMILES string of the molecule is CC[C@H]1OC(=O)[C@H](C)[C@@H](OC(=O)N(C)c2ccccc2)[C@H](C)[C@@H](O[C@@H]2O[C@H](C)C[C@H](N(C)C)[C@H]2OC(C)=O)[C@](C)(O)C[C@@H](C)CN(C)[C@H](C)[C@H]2OC(=O)O[C@@]21C. The highest BCUT2D eigenvalue weighted by Gasteiger charge is 2.58. The highest BCUT2D eigenvalue weighted by Crippen LogP contribution is 2.40. The lowest BCUT2D eigenvalue weighted by Gasteiger charge is -2.47. The number of hydrogen-bond donors (Lipinski definition) is 1. The van der Waals surface area contributed by atoms with Crippen LogP contribution in [0.5, 0.6) is 0 Å². The van der Waals surface area contributed by atoms with Crippen LogP contribution in [0.15, 0.2) is 30.3 Å². The number of cyclic esters (lactones) is 1. The van der Waals surface area contributed by atoms with Crippen molar-refractivity contribution in [1.29, 1.82) is 0 Å². The standard InChI is InChI=1S/C41H65N3O12/c1-14-31-41(9)35(55-39(48)56-41)27(6)43(12)22-23(2)21-40(8,49)34(54-37-33(51-28(7)45)30(42(10)11)20-24(3)50-37)25(4)32(26(5)36(46)52-31)53-38(47)44(13)29-18-16-15-17-19-29/h15-19,23-27,30-35,37,49H,14,20-22H2,1-13H3/t23-,24-,25+,26-,27-,30+,31-,32+,33-,34-,35-,37+,40-,41-/m1/s1. The minimum Gasteiger partial charge on any atom is -0.458 e. The lowest BCUT2D eigenvalue weighted by atomic mass is 9.77. The molecular weight excluding hydrogens is 726 g/mol. The van der Waals surface area contributed by atoms with E-state index in [1.807, 2.05) is 64.7 Å². The Balaban J connectivity index is 1.86. The summed E-state index contributed by atoms with van der Waals surface area (Å²) >= 11 is 0. The lowest BCUT2D eigenvalue weighted by Crippen LogP contribution is -2.60. The van der Waals surface area contributed by atoms with Crippen molar-refractivity contribution in [3.63, 3.8) is 0 Å². The van der Waals surface area contributed by atoms with Crippen LogP contribution >= 0.6 is 0 Å². The first-order valence-corrected chi connectivity index (χ1v) is 19.8. The van der Waals surface area contributed by atoms with Gasteiger partial charge in [0.2, 0.25) is 0 Å². The maximum atomic E-state index is 14.4. The molecule has 3 aliphatic rings. The summed E-state index contributed by atoms with van der Waals surface area (Å²) in [6.07, 6.45) is -7.00. The molecule has 14 atom stereocenters. The molecule has 0 radical (unpaired) electrons. The zero-order valence-electron chi connectivity index (χ0n) is 35.4. The molecule has 0 unspecified atom stereocenters. The minimum absolute atomic E-state index is 0.169. The fourth-order valence-electron chi connectivity index (χ4n) is 8.80. The molecule has 0 bridgehead atoms. The number of hydrogen-bond acceptors (Lipinski definition) is 14. The van der Waals surface area contributed by atoms with Crippen molar-refractivity contribution in [2.24, 2.45) is 17.8 Å². The Kier molecular flexibility index (Phi) is 14.8. The molecule has 0 aromatic heterocycles. The number of likely N-dealkylation sites (N-methyl/N-ethyl adjacent to an activating group) is 2. The predicted molar refractivity (Wildman–Crippen MR) is 207 cm³/mol. The van der Waals surface area contributed by atoms with E-state index in [-0.39, 0.29) is 36.9 Å². The van der Waals surface area contributed by atoms with Crippen molar-refractivity contribution in [2.45, 2.75) is 148 Å². The topological polar surface area (TPSA) is 163 Å². The fraction of sp³-hybridized carbons (Fsp3) is 0.756. The molecular formula is C41H65N3O12. The van der Waals surface area contributed by atoms with E-state index in [1.54, 1.807) is 59.0 Å². The Morgan fingerprint density at radius 2 is 1.62 bits per heavy atom. The minimum atomic E-state index is -1.63. The Hall–Kier alpha value is -3.50. The number of ether oxygens (including phenoxy) is 7. The molecule has 1 N–H and O–H groups in total. The number of benzene rings is 1. The highest BCUT2D eigenvalue weighted by molar-refractivity contribution is 5.87. The molecule has 0 saturated carbocycles. The van der Waals surface area contributed by atoms with E-state index in [2.05, 4.69) is 0 Å². The summed E-state index contributed by atoms with van der Waals surface area (Å²) in [5, 5.41) is 12.7. The molecule has 1 amide bonds. The highest BCUT2D eigenvalue weighted by atomic mass is 16.8. The largest absolute Gasteiger partial charge is 0.509 e. The van der Waals surface area contributed by atoms with Gasteiger partial charge in [0.15, 0.2) is 24.1 Å². The van der Waals surface area contributed by atoms with Crippen LogP contribution in [0.4, 0.5) is 15.3 Å². The van der Waals surface area contributed by atoms with Crippen LogP contribution in [0.25, 0.3) is 0 Å². The van der Waals surface area contributed by atoms with Crippen molar-refractivity contribution in [3.8, 4) is 0 Å². The van der Waals surface area contributed by atoms with Gasteiger partial charge in [0.25, 0.3) is 0 Å². The van der Waals surface area contributed by atoms with Gasteiger partial charge >= 0.3 is 24.2 Å². The first kappa shape index (κ1) is 45.2.